The lowest BCUT2D eigenvalue weighted by molar-refractivity contribution is -0.388. The maximum Gasteiger partial charge on any atom is 0.423 e. The highest BCUT2D eigenvalue weighted by atomic mass is 79.9. The third kappa shape index (κ3) is 3.06. The highest BCUT2D eigenvalue weighted by molar-refractivity contribution is 9.09. The Kier molecular flexibility index (Phi) is 4.44. The lowest BCUT2D eigenvalue weighted by Crippen LogP contribution is -2.13. The lowest BCUT2D eigenvalue weighted by atomic mass is 10.0. The molecule has 0 unspecified atom stereocenters. The maximum atomic E-state index is 12.6. The molecule has 0 N–H and O–H groups in total. The van der Waals surface area contributed by atoms with E-state index in [1.807, 2.05) is 0 Å². The van der Waals surface area contributed by atoms with Gasteiger partial charge in [-0.3, -0.25) is 14.9 Å². The second kappa shape index (κ2) is 5.47. The molecular weight excluding hydrogens is 319 g/mol. The number of nitrogens with zero attached hydrogens (tertiary/aromatic N) is 1. The van der Waals surface area contributed by atoms with Gasteiger partial charge in [-0.15, -0.1) is 0 Å². The van der Waals surface area contributed by atoms with Crippen LogP contribution in [0.15, 0.2) is 18.2 Å². The highest BCUT2D eigenvalue weighted by Crippen LogP contribution is 2.38. The number of carbonyl (C=O) groups excluding carboxylic acids is 1. The fourth-order valence-electron chi connectivity index (χ4n) is 1.41. The molecule has 0 aliphatic carbocycles. The van der Waals surface area contributed by atoms with Crippen LogP contribution in [0.4, 0.5) is 18.9 Å². The Morgan fingerprint density at radius 3 is 2.44 bits per heavy atom. The Morgan fingerprint density at radius 1 is 1.39 bits per heavy atom. The van der Waals surface area contributed by atoms with Crippen molar-refractivity contribution in [3.05, 3.63) is 39.4 Å². The van der Waals surface area contributed by atoms with Crippen molar-refractivity contribution >= 4 is 27.4 Å². The molecule has 1 aromatic carbocycles. The molecule has 18 heavy (non-hydrogen) atoms. The van der Waals surface area contributed by atoms with Crippen LogP contribution in [0.3, 0.4) is 0 Å². The van der Waals surface area contributed by atoms with Gasteiger partial charge < -0.3 is 0 Å². The monoisotopic (exact) mass is 325 g/mol. The summed E-state index contributed by atoms with van der Waals surface area (Å²) in [5.41, 5.74) is -3.11. The topological polar surface area (TPSA) is 60.2 Å². The van der Waals surface area contributed by atoms with Crippen molar-refractivity contribution in [3.8, 4) is 0 Å². The molecule has 0 aliphatic rings. The minimum absolute atomic E-state index is 0.109. The second-order valence-corrected chi connectivity index (χ2v) is 4.11. The summed E-state index contributed by atoms with van der Waals surface area (Å²) in [7, 11) is 0. The van der Waals surface area contributed by atoms with E-state index in [-0.39, 0.29) is 11.8 Å². The molecule has 8 heteroatoms. The summed E-state index contributed by atoms with van der Waals surface area (Å²) < 4.78 is 37.8. The Balaban J connectivity index is 3.45. The molecular formula is C10H7BrF3NO3. The number of rotatable bonds is 4. The van der Waals surface area contributed by atoms with Gasteiger partial charge in [-0.1, -0.05) is 22.0 Å². The van der Waals surface area contributed by atoms with Gasteiger partial charge in [0.1, 0.15) is 5.56 Å². The van der Waals surface area contributed by atoms with Crippen molar-refractivity contribution in [1.29, 1.82) is 0 Å². The third-order valence-electron chi connectivity index (χ3n) is 2.15. The SMILES string of the molecule is O=C(CCBr)c1cccc(C(F)(F)F)c1[N+](=O)[O-]. The Labute approximate surface area is 108 Å². The zero-order chi connectivity index (χ0) is 13.9. The number of para-hydroxylation sites is 1. The van der Waals surface area contributed by atoms with Gasteiger partial charge in [-0.2, -0.15) is 13.2 Å². The van der Waals surface area contributed by atoms with Crippen LogP contribution in [-0.2, 0) is 6.18 Å². The summed E-state index contributed by atoms with van der Waals surface area (Å²) in [6.45, 7) is 0. The largest absolute Gasteiger partial charge is 0.423 e. The standard InChI is InChI=1S/C10H7BrF3NO3/c11-5-4-8(16)6-2-1-3-7(10(12,13)14)9(6)15(17)18/h1-3H,4-5H2. The van der Waals surface area contributed by atoms with E-state index in [4.69, 9.17) is 0 Å². The van der Waals surface area contributed by atoms with Gasteiger partial charge in [-0.25, -0.2) is 0 Å². The van der Waals surface area contributed by atoms with E-state index in [9.17, 15) is 28.1 Å². The number of ketones is 1. The molecule has 1 aromatic rings. The predicted molar refractivity (Wildman–Crippen MR) is 60.8 cm³/mol. The molecule has 0 atom stereocenters. The minimum Gasteiger partial charge on any atom is -0.294 e. The van der Waals surface area contributed by atoms with Gasteiger partial charge in [0, 0.05) is 11.8 Å². The summed E-state index contributed by atoms with van der Waals surface area (Å²) in [6, 6.07) is 2.60. The van der Waals surface area contributed by atoms with E-state index >= 15 is 0 Å². The molecule has 0 saturated heterocycles. The maximum absolute atomic E-state index is 12.6. The van der Waals surface area contributed by atoms with E-state index in [0.29, 0.717) is 6.07 Å². The number of alkyl halides is 4. The number of hydrogen-bond donors (Lipinski definition) is 0. The van der Waals surface area contributed by atoms with Crippen molar-refractivity contribution in [3.63, 3.8) is 0 Å². The summed E-state index contributed by atoms with van der Waals surface area (Å²) >= 11 is 2.95. The van der Waals surface area contributed by atoms with E-state index in [0.717, 1.165) is 12.1 Å². The van der Waals surface area contributed by atoms with Gasteiger partial charge in [0.15, 0.2) is 5.78 Å². The zero-order valence-corrected chi connectivity index (χ0v) is 10.4. The van der Waals surface area contributed by atoms with Gasteiger partial charge in [-0.05, 0) is 12.1 Å². The number of benzene rings is 1. The van der Waals surface area contributed by atoms with Gasteiger partial charge >= 0.3 is 6.18 Å². The van der Waals surface area contributed by atoms with Crippen LogP contribution < -0.4 is 0 Å². The fraction of sp³-hybridized carbons (Fsp3) is 0.300. The van der Waals surface area contributed by atoms with E-state index in [2.05, 4.69) is 15.9 Å². The number of hydrogen-bond acceptors (Lipinski definition) is 3. The van der Waals surface area contributed by atoms with Gasteiger partial charge in [0.25, 0.3) is 5.69 Å². The summed E-state index contributed by atoms with van der Waals surface area (Å²) in [5, 5.41) is 11.0. The van der Waals surface area contributed by atoms with Crippen molar-refractivity contribution in [2.24, 2.45) is 0 Å². The first-order valence-corrected chi connectivity index (χ1v) is 5.85. The highest BCUT2D eigenvalue weighted by Gasteiger charge is 2.40. The van der Waals surface area contributed by atoms with Crippen LogP contribution >= 0.6 is 15.9 Å². The minimum atomic E-state index is -4.87. The van der Waals surface area contributed by atoms with E-state index < -0.39 is 33.7 Å². The summed E-state index contributed by atoms with van der Waals surface area (Å²) in [5.74, 6) is -0.704. The molecule has 98 valence electrons. The number of Topliss-reactive ketones (excluding diaryl/α,β-unsaturated/α-hetero) is 1. The zero-order valence-electron chi connectivity index (χ0n) is 8.83. The van der Waals surface area contributed by atoms with Crippen molar-refractivity contribution in [1.82, 2.24) is 0 Å². The van der Waals surface area contributed by atoms with Crippen LogP contribution in [0.1, 0.15) is 22.3 Å². The van der Waals surface area contributed by atoms with Crippen LogP contribution in [-0.4, -0.2) is 16.0 Å². The fourth-order valence-corrected chi connectivity index (χ4v) is 1.77. The molecule has 0 spiro atoms. The summed E-state index contributed by atoms with van der Waals surface area (Å²) in [4.78, 5) is 21.1. The number of carbonyl (C=O) groups is 1. The smallest absolute Gasteiger partial charge is 0.294 e. The second-order valence-electron chi connectivity index (χ2n) is 3.32. The quantitative estimate of drug-likeness (QED) is 0.368. The molecule has 0 saturated carbocycles. The van der Waals surface area contributed by atoms with Crippen molar-refractivity contribution < 1.29 is 22.9 Å². The van der Waals surface area contributed by atoms with Crippen LogP contribution in [0.25, 0.3) is 0 Å². The number of nitro groups is 1. The van der Waals surface area contributed by atoms with Gasteiger partial charge in [0.2, 0.25) is 0 Å². The lowest BCUT2D eigenvalue weighted by Gasteiger charge is -2.09. The van der Waals surface area contributed by atoms with Crippen LogP contribution in [0, 0.1) is 10.1 Å². The first-order chi connectivity index (χ1) is 8.29. The first kappa shape index (κ1) is 14.6. The summed E-state index contributed by atoms with van der Waals surface area (Å²) in [6.07, 6.45) is -4.98. The van der Waals surface area contributed by atoms with Crippen LogP contribution in [0.5, 0.6) is 0 Å². The third-order valence-corrected chi connectivity index (χ3v) is 2.54. The average Bonchev–Trinajstić information content (AvgIpc) is 2.27. The molecule has 0 aromatic heterocycles. The normalized spacial score (nSPS) is 11.3. The molecule has 0 radical (unpaired) electrons. The Hall–Kier alpha value is -1.44. The molecule has 0 amide bonds. The van der Waals surface area contributed by atoms with Crippen molar-refractivity contribution in [2.75, 3.05) is 5.33 Å². The molecule has 0 aliphatic heterocycles. The first-order valence-electron chi connectivity index (χ1n) is 4.72. The average molecular weight is 326 g/mol. The predicted octanol–water partition coefficient (Wildman–Crippen LogP) is 3.58. The van der Waals surface area contributed by atoms with E-state index in [1.165, 1.54) is 0 Å². The molecule has 0 bridgehead atoms. The van der Waals surface area contributed by atoms with Crippen molar-refractivity contribution in [2.45, 2.75) is 12.6 Å². The molecule has 1 rings (SSSR count). The molecule has 0 heterocycles. The Morgan fingerprint density at radius 2 is 2.00 bits per heavy atom. The number of nitro benzene ring substituents is 1. The molecule has 0 fully saturated rings. The van der Waals surface area contributed by atoms with Gasteiger partial charge in [0.05, 0.1) is 10.5 Å². The Bertz CT molecular complexity index is 488. The number of halogens is 4. The van der Waals surface area contributed by atoms with Crippen LogP contribution in [0.2, 0.25) is 0 Å². The van der Waals surface area contributed by atoms with E-state index in [1.54, 1.807) is 0 Å². The molecule has 4 nitrogen and oxygen atoms in total.